The molecule has 0 saturated heterocycles. The average molecular weight is 455 g/mol. The van der Waals surface area contributed by atoms with E-state index in [0.717, 1.165) is 32.9 Å². The summed E-state index contributed by atoms with van der Waals surface area (Å²) in [5.74, 6) is 0.432. The molecular weight excluding hydrogens is 432 g/mol. The van der Waals surface area contributed by atoms with Gasteiger partial charge in [-0.15, -0.1) is 0 Å². The number of benzene rings is 3. The van der Waals surface area contributed by atoms with Crippen LogP contribution in [-0.2, 0) is 16.1 Å². The van der Waals surface area contributed by atoms with Crippen LogP contribution >= 0.6 is 15.9 Å². The van der Waals surface area contributed by atoms with E-state index in [0.29, 0.717) is 18.7 Å². The summed E-state index contributed by atoms with van der Waals surface area (Å²) in [5.41, 5.74) is 1.70. The molecule has 2 amide bonds. The Balaban J connectivity index is 1.49. The van der Waals surface area contributed by atoms with Gasteiger partial charge in [-0.3, -0.25) is 9.59 Å². The highest BCUT2D eigenvalue weighted by molar-refractivity contribution is 9.10. The molecule has 0 spiro atoms. The predicted octanol–water partition coefficient (Wildman–Crippen LogP) is 5.04. The Hall–Kier alpha value is -2.86. The first-order valence-electron chi connectivity index (χ1n) is 9.52. The van der Waals surface area contributed by atoms with Crippen molar-refractivity contribution in [3.63, 3.8) is 0 Å². The monoisotopic (exact) mass is 454 g/mol. The lowest BCUT2D eigenvalue weighted by Crippen LogP contribution is -2.28. The van der Waals surface area contributed by atoms with Gasteiger partial charge >= 0.3 is 0 Å². The van der Waals surface area contributed by atoms with Crippen LogP contribution in [0.4, 0.5) is 5.69 Å². The van der Waals surface area contributed by atoms with Gasteiger partial charge in [-0.05, 0) is 56.9 Å². The SMILES string of the molecule is CCCC(=O)Nc1ccc(CNC(=O)COc2ccc3ccccc3c2Br)cc1. The lowest BCUT2D eigenvalue weighted by Gasteiger charge is -2.11. The Morgan fingerprint density at radius 3 is 2.48 bits per heavy atom. The van der Waals surface area contributed by atoms with Gasteiger partial charge in [0.2, 0.25) is 5.91 Å². The number of fused-ring (bicyclic) bond motifs is 1. The summed E-state index contributed by atoms with van der Waals surface area (Å²) in [5, 5.41) is 7.82. The average Bonchev–Trinajstić information content (AvgIpc) is 2.73. The fraction of sp³-hybridized carbons (Fsp3) is 0.217. The summed E-state index contributed by atoms with van der Waals surface area (Å²) in [6, 6.07) is 19.2. The second-order valence-corrected chi connectivity index (χ2v) is 7.45. The summed E-state index contributed by atoms with van der Waals surface area (Å²) in [6.45, 7) is 2.29. The molecule has 0 aliphatic heterocycles. The molecule has 3 aromatic rings. The fourth-order valence-electron chi connectivity index (χ4n) is 2.88. The van der Waals surface area contributed by atoms with Gasteiger partial charge in [-0.1, -0.05) is 49.4 Å². The molecule has 3 aromatic carbocycles. The van der Waals surface area contributed by atoms with Crippen LogP contribution in [0.15, 0.2) is 65.1 Å². The minimum atomic E-state index is -0.203. The third-order valence-corrected chi connectivity index (χ3v) is 5.21. The first-order chi connectivity index (χ1) is 14.1. The van der Waals surface area contributed by atoms with Crippen LogP contribution in [0.3, 0.4) is 0 Å². The molecule has 5 nitrogen and oxygen atoms in total. The zero-order valence-electron chi connectivity index (χ0n) is 16.2. The summed E-state index contributed by atoms with van der Waals surface area (Å²) < 4.78 is 6.51. The second-order valence-electron chi connectivity index (χ2n) is 6.66. The number of nitrogens with one attached hydrogen (secondary N) is 2. The van der Waals surface area contributed by atoms with Crippen LogP contribution in [0, 0.1) is 0 Å². The van der Waals surface area contributed by atoms with E-state index in [1.807, 2.05) is 67.6 Å². The van der Waals surface area contributed by atoms with E-state index < -0.39 is 0 Å². The molecule has 6 heteroatoms. The molecule has 0 aliphatic carbocycles. The second kappa shape index (κ2) is 10.1. The molecule has 0 saturated carbocycles. The highest BCUT2D eigenvalue weighted by atomic mass is 79.9. The highest BCUT2D eigenvalue weighted by Gasteiger charge is 2.09. The van der Waals surface area contributed by atoms with E-state index in [-0.39, 0.29) is 18.4 Å². The minimum Gasteiger partial charge on any atom is -0.483 e. The highest BCUT2D eigenvalue weighted by Crippen LogP contribution is 2.32. The number of hydrogen-bond donors (Lipinski definition) is 2. The predicted molar refractivity (Wildman–Crippen MR) is 119 cm³/mol. The maximum absolute atomic E-state index is 12.1. The van der Waals surface area contributed by atoms with Crippen molar-refractivity contribution in [1.29, 1.82) is 0 Å². The van der Waals surface area contributed by atoms with Gasteiger partial charge in [0, 0.05) is 18.7 Å². The van der Waals surface area contributed by atoms with Gasteiger partial charge in [0.1, 0.15) is 5.75 Å². The first-order valence-corrected chi connectivity index (χ1v) is 10.3. The topological polar surface area (TPSA) is 67.4 Å². The van der Waals surface area contributed by atoms with E-state index in [1.54, 1.807) is 0 Å². The number of rotatable bonds is 8. The maximum atomic E-state index is 12.1. The van der Waals surface area contributed by atoms with Crippen molar-refractivity contribution in [1.82, 2.24) is 5.32 Å². The van der Waals surface area contributed by atoms with Crippen molar-refractivity contribution in [3.05, 3.63) is 70.7 Å². The zero-order valence-corrected chi connectivity index (χ0v) is 17.8. The Kier molecular flexibility index (Phi) is 7.25. The zero-order chi connectivity index (χ0) is 20.6. The number of ether oxygens (including phenoxy) is 1. The fourth-order valence-corrected chi connectivity index (χ4v) is 3.48. The Labute approximate surface area is 178 Å². The van der Waals surface area contributed by atoms with Gasteiger partial charge in [0.05, 0.1) is 4.47 Å². The molecule has 0 aromatic heterocycles. The van der Waals surface area contributed by atoms with Gasteiger partial charge in [-0.25, -0.2) is 0 Å². The van der Waals surface area contributed by atoms with E-state index in [1.165, 1.54) is 0 Å². The number of hydrogen-bond acceptors (Lipinski definition) is 3. The van der Waals surface area contributed by atoms with Crippen LogP contribution < -0.4 is 15.4 Å². The van der Waals surface area contributed by atoms with Crippen LogP contribution in [-0.4, -0.2) is 18.4 Å². The molecule has 0 aliphatic rings. The molecule has 0 fully saturated rings. The molecule has 150 valence electrons. The van der Waals surface area contributed by atoms with Crippen LogP contribution in [0.2, 0.25) is 0 Å². The van der Waals surface area contributed by atoms with Crippen molar-refractivity contribution < 1.29 is 14.3 Å². The number of halogens is 1. The van der Waals surface area contributed by atoms with Gasteiger partial charge in [0.15, 0.2) is 6.61 Å². The summed E-state index contributed by atoms with van der Waals surface area (Å²) in [4.78, 5) is 23.8. The maximum Gasteiger partial charge on any atom is 0.258 e. The molecule has 0 radical (unpaired) electrons. The number of amides is 2. The molecule has 0 bridgehead atoms. The lowest BCUT2D eigenvalue weighted by molar-refractivity contribution is -0.123. The van der Waals surface area contributed by atoms with E-state index in [4.69, 9.17) is 4.74 Å². The van der Waals surface area contributed by atoms with Crippen LogP contribution in [0.1, 0.15) is 25.3 Å². The van der Waals surface area contributed by atoms with Crippen molar-refractivity contribution in [2.24, 2.45) is 0 Å². The summed E-state index contributed by atoms with van der Waals surface area (Å²) in [7, 11) is 0. The quantitative estimate of drug-likeness (QED) is 0.501. The van der Waals surface area contributed by atoms with Crippen molar-refractivity contribution in [2.75, 3.05) is 11.9 Å². The number of carbonyl (C=O) groups is 2. The number of anilines is 1. The van der Waals surface area contributed by atoms with Crippen molar-refractivity contribution in [3.8, 4) is 5.75 Å². The smallest absolute Gasteiger partial charge is 0.258 e. The van der Waals surface area contributed by atoms with E-state index in [9.17, 15) is 9.59 Å². The summed E-state index contributed by atoms with van der Waals surface area (Å²) >= 11 is 3.55. The lowest BCUT2D eigenvalue weighted by atomic mass is 10.1. The Morgan fingerprint density at radius 2 is 1.72 bits per heavy atom. The largest absolute Gasteiger partial charge is 0.483 e. The Bertz CT molecular complexity index is 1000. The molecule has 0 atom stereocenters. The van der Waals surface area contributed by atoms with E-state index in [2.05, 4.69) is 26.6 Å². The van der Waals surface area contributed by atoms with Gasteiger partial charge < -0.3 is 15.4 Å². The molecule has 2 N–H and O–H groups in total. The normalized spacial score (nSPS) is 10.6. The Morgan fingerprint density at radius 1 is 0.966 bits per heavy atom. The van der Waals surface area contributed by atoms with E-state index >= 15 is 0 Å². The van der Waals surface area contributed by atoms with Crippen molar-refractivity contribution in [2.45, 2.75) is 26.3 Å². The van der Waals surface area contributed by atoms with Gasteiger partial charge in [0.25, 0.3) is 5.91 Å². The third kappa shape index (κ3) is 5.81. The summed E-state index contributed by atoms with van der Waals surface area (Å²) in [6.07, 6.45) is 1.32. The minimum absolute atomic E-state index is 0.00514. The molecule has 0 unspecified atom stereocenters. The molecule has 29 heavy (non-hydrogen) atoms. The molecule has 3 rings (SSSR count). The van der Waals surface area contributed by atoms with Gasteiger partial charge in [-0.2, -0.15) is 0 Å². The van der Waals surface area contributed by atoms with Crippen LogP contribution in [0.5, 0.6) is 5.75 Å². The third-order valence-electron chi connectivity index (χ3n) is 4.39. The molecular formula is C23H23BrN2O3. The number of carbonyl (C=O) groups excluding carboxylic acids is 2. The van der Waals surface area contributed by atoms with Crippen molar-refractivity contribution >= 4 is 44.2 Å². The first kappa shape index (κ1) is 20.9. The molecule has 0 heterocycles. The van der Waals surface area contributed by atoms with Crippen LogP contribution in [0.25, 0.3) is 10.8 Å². The standard InChI is InChI=1S/C23H23BrN2O3/c1-2-5-21(27)26-18-11-8-16(9-12-18)14-25-22(28)15-29-20-13-10-17-6-3-4-7-19(17)23(20)24/h3-4,6-13H,2,5,14-15H2,1H3,(H,25,28)(H,26,27).